The minimum absolute atomic E-state index is 0.216. The maximum Gasteiger partial charge on any atom is 0.292 e. The zero-order valence-corrected chi connectivity index (χ0v) is 18.9. The molecule has 0 atom stereocenters. The molecule has 0 aliphatic heterocycles. The van der Waals surface area contributed by atoms with Crippen molar-refractivity contribution in [2.75, 3.05) is 0 Å². The van der Waals surface area contributed by atoms with Gasteiger partial charge in [0.2, 0.25) is 0 Å². The van der Waals surface area contributed by atoms with Crippen molar-refractivity contribution in [3.63, 3.8) is 0 Å². The van der Waals surface area contributed by atoms with Crippen molar-refractivity contribution < 1.29 is 9.47 Å². The van der Waals surface area contributed by atoms with Gasteiger partial charge in [-0.1, -0.05) is 60.7 Å². The molecular weight excluding hydrogens is 436 g/mol. The summed E-state index contributed by atoms with van der Waals surface area (Å²) in [5.74, 6) is 0.878. The van der Waals surface area contributed by atoms with Crippen LogP contribution in [-0.2, 0) is 18.5 Å². The van der Waals surface area contributed by atoms with Gasteiger partial charge in [0.05, 0.1) is 5.41 Å². The molecule has 0 saturated heterocycles. The number of hydrogen-bond donors (Lipinski definition) is 2. The average Bonchev–Trinajstić information content (AvgIpc) is 3.21. The summed E-state index contributed by atoms with van der Waals surface area (Å²) >= 11 is 0. The van der Waals surface area contributed by atoms with Crippen molar-refractivity contribution in [3.05, 3.63) is 118 Å². The number of nitrogens with zero attached hydrogens (tertiary/aromatic N) is 2. The lowest BCUT2D eigenvalue weighted by Crippen LogP contribution is -2.29. The fourth-order valence-corrected chi connectivity index (χ4v) is 5.27. The number of hydrogen-bond acceptors (Lipinski definition) is 6. The van der Waals surface area contributed by atoms with E-state index >= 15 is 0 Å². The first-order valence-corrected chi connectivity index (χ1v) is 11.2. The largest absolute Gasteiger partial charge is 0.388 e. The van der Waals surface area contributed by atoms with Gasteiger partial charge in [-0.3, -0.25) is 0 Å². The number of ether oxygens (including phenoxy) is 2. The molecule has 0 spiro atoms. The first kappa shape index (κ1) is 22.2. The SMILES string of the molecule is N#COc1ccc(C2(c3ccc(OC#N)c(CN)c3)c3ccccc3-c3ccccc32)cc1CN. The van der Waals surface area contributed by atoms with Gasteiger partial charge in [0, 0.05) is 24.2 Å². The van der Waals surface area contributed by atoms with E-state index in [1.807, 2.05) is 48.5 Å². The summed E-state index contributed by atoms with van der Waals surface area (Å²) < 4.78 is 10.3. The third-order valence-electron chi connectivity index (χ3n) is 6.69. The molecule has 0 unspecified atom stereocenters. The molecule has 4 aromatic carbocycles. The molecule has 170 valence electrons. The van der Waals surface area contributed by atoms with Crippen LogP contribution in [0.2, 0.25) is 0 Å². The fourth-order valence-electron chi connectivity index (χ4n) is 5.27. The van der Waals surface area contributed by atoms with Crippen LogP contribution in [0.25, 0.3) is 11.1 Å². The molecule has 6 nitrogen and oxygen atoms in total. The van der Waals surface area contributed by atoms with E-state index in [9.17, 15) is 0 Å². The summed E-state index contributed by atoms with van der Waals surface area (Å²) in [6, 6.07) is 28.2. The Balaban J connectivity index is 1.89. The van der Waals surface area contributed by atoms with Gasteiger partial charge >= 0.3 is 0 Å². The minimum Gasteiger partial charge on any atom is -0.388 e. The lowest BCUT2D eigenvalue weighted by molar-refractivity contribution is 0.499. The zero-order valence-electron chi connectivity index (χ0n) is 18.9. The van der Waals surface area contributed by atoms with Crippen LogP contribution < -0.4 is 20.9 Å². The topological polar surface area (TPSA) is 118 Å². The van der Waals surface area contributed by atoms with Crippen molar-refractivity contribution in [2.45, 2.75) is 18.5 Å². The van der Waals surface area contributed by atoms with E-state index in [0.29, 0.717) is 11.5 Å². The standard InChI is InChI=1S/C29H22N4O2/c30-15-19-13-21(9-11-27(19)34-17-32)29(22-10-12-28(35-18-33)20(14-22)16-31)25-7-3-1-5-23(25)24-6-2-4-8-26(24)29/h1-14H,15-16,30-31H2. The summed E-state index contributed by atoms with van der Waals surface area (Å²) in [4.78, 5) is 0. The Bertz CT molecular complexity index is 1400. The summed E-state index contributed by atoms with van der Waals surface area (Å²) in [6.07, 6.45) is 3.49. The van der Waals surface area contributed by atoms with Gasteiger partial charge < -0.3 is 20.9 Å². The van der Waals surface area contributed by atoms with Crippen molar-refractivity contribution in [2.24, 2.45) is 11.5 Å². The Hall–Kier alpha value is -4.62. The maximum absolute atomic E-state index is 9.08. The normalized spacial score (nSPS) is 12.7. The highest BCUT2D eigenvalue weighted by Crippen LogP contribution is 2.56. The van der Waals surface area contributed by atoms with E-state index in [1.54, 1.807) is 24.6 Å². The smallest absolute Gasteiger partial charge is 0.292 e. The number of fused-ring (bicyclic) bond motifs is 3. The van der Waals surface area contributed by atoms with Gasteiger partial charge in [0.1, 0.15) is 11.5 Å². The van der Waals surface area contributed by atoms with Crippen LogP contribution in [0.3, 0.4) is 0 Å². The van der Waals surface area contributed by atoms with Crippen LogP contribution in [0.4, 0.5) is 0 Å². The third-order valence-corrected chi connectivity index (χ3v) is 6.69. The molecule has 0 radical (unpaired) electrons. The molecule has 0 saturated carbocycles. The Morgan fingerprint density at radius 1 is 0.629 bits per heavy atom. The van der Waals surface area contributed by atoms with Crippen molar-refractivity contribution in [3.8, 4) is 35.1 Å². The van der Waals surface area contributed by atoms with Gasteiger partial charge in [-0.15, -0.1) is 10.5 Å². The van der Waals surface area contributed by atoms with Crippen LogP contribution >= 0.6 is 0 Å². The first-order valence-electron chi connectivity index (χ1n) is 11.2. The lowest BCUT2D eigenvalue weighted by atomic mass is 9.67. The molecule has 0 aromatic heterocycles. The Kier molecular flexibility index (Phi) is 5.68. The molecule has 0 amide bonds. The van der Waals surface area contributed by atoms with E-state index < -0.39 is 5.41 Å². The van der Waals surface area contributed by atoms with Gasteiger partial charge in [0.25, 0.3) is 12.5 Å². The number of nitrogens with two attached hydrogens (primary N) is 2. The molecule has 0 heterocycles. The Labute approximate surface area is 203 Å². The predicted molar refractivity (Wildman–Crippen MR) is 132 cm³/mol. The highest BCUT2D eigenvalue weighted by Gasteiger charge is 2.46. The molecule has 0 fully saturated rings. The van der Waals surface area contributed by atoms with Crippen LogP contribution in [0.1, 0.15) is 33.4 Å². The lowest BCUT2D eigenvalue weighted by Gasteiger charge is -2.34. The molecule has 5 rings (SSSR count). The Morgan fingerprint density at radius 2 is 1.06 bits per heavy atom. The second-order valence-corrected chi connectivity index (χ2v) is 8.28. The van der Waals surface area contributed by atoms with E-state index in [0.717, 1.165) is 44.5 Å². The monoisotopic (exact) mass is 458 g/mol. The molecule has 0 bridgehead atoms. The van der Waals surface area contributed by atoms with E-state index in [1.165, 1.54) is 0 Å². The number of benzene rings is 4. The molecule has 1 aliphatic rings. The van der Waals surface area contributed by atoms with Crippen molar-refractivity contribution >= 4 is 0 Å². The summed E-state index contributed by atoms with van der Waals surface area (Å²) in [5, 5.41) is 18.2. The van der Waals surface area contributed by atoms with Crippen LogP contribution in [0.5, 0.6) is 11.5 Å². The third kappa shape index (κ3) is 3.33. The van der Waals surface area contributed by atoms with Crippen LogP contribution in [-0.4, -0.2) is 0 Å². The maximum atomic E-state index is 9.08. The summed E-state index contributed by atoms with van der Waals surface area (Å²) in [7, 11) is 0. The highest BCUT2D eigenvalue weighted by atomic mass is 16.5. The van der Waals surface area contributed by atoms with Crippen LogP contribution in [0.15, 0.2) is 84.9 Å². The van der Waals surface area contributed by atoms with Gasteiger partial charge in [-0.2, -0.15) is 0 Å². The van der Waals surface area contributed by atoms with Crippen molar-refractivity contribution in [1.29, 1.82) is 10.5 Å². The molecule has 6 heteroatoms. The highest BCUT2D eigenvalue weighted by molar-refractivity contribution is 5.86. The van der Waals surface area contributed by atoms with E-state index in [2.05, 4.69) is 24.3 Å². The first-order chi connectivity index (χ1) is 17.2. The molecular formula is C29H22N4O2. The fraction of sp³-hybridized carbons (Fsp3) is 0.103. The van der Waals surface area contributed by atoms with Gasteiger partial charge in [-0.25, -0.2) is 0 Å². The van der Waals surface area contributed by atoms with E-state index in [4.69, 9.17) is 31.5 Å². The Morgan fingerprint density at radius 3 is 1.46 bits per heavy atom. The predicted octanol–water partition coefficient (Wildman–Crippen LogP) is 4.69. The van der Waals surface area contributed by atoms with Gasteiger partial charge in [0.15, 0.2) is 0 Å². The summed E-state index contributed by atoms with van der Waals surface area (Å²) in [6.45, 7) is 0.431. The second-order valence-electron chi connectivity index (χ2n) is 8.28. The van der Waals surface area contributed by atoms with Crippen molar-refractivity contribution in [1.82, 2.24) is 0 Å². The van der Waals surface area contributed by atoms with E-state index in [-0.39, 0.29) is 13.1 Å². The minimum atomic E-state index is -0.683. The summed E-state index contributed by atoms with van der Waals surface area (Å²) in [5.41, 5.74) is 19.4. The van der Waals surface area contributed by atoms with Crippen LogP contribution in [0, 0.1) is 23.0 Å². The molecule has 4 N–H and O–H groups in total. The molecule has 1 aliphatic carbocycles. The average molecular weight is 459 g/mol. The van der Waals surface area contributed by atoms with Gasteiger partial charge in [-0.05, 0) is 57.6 Å². The zero-order chi connectivity index (χ0) is 24.4. The second kappa shape index (κ2) is 8.96. The quantitative estimate of drug-likeness (QED) is 0.357. The number of nitriles is 2. The molecule has 4 aromatic rings. The number of rotatable bonds is 6. The molecule has 35 heavy (non-hydrogen) atoms.